The van der Waals surface area contributed by atoms with Crippen molar-refractivity contribution in [2.75, 3.05) is 6.61 Å². The molecule has 0 amide bonds. The van der Waals surface area contributed by atoms with Crippen LogP contribution in [0.4, 0.5) is 0 Å². The van der Waals surface area contributed by atoms with Gasteiger partial charge in [0.05, 0.1) is 17.3 Å². The molecule has 4 fully saturated rings. The van der Waals surface area contributed by atoms with Crippen molar-refractivity contribution < 1.29 is 19.1 Å². The summed E-state index contributed by atoms with van der Waals surface area (Å²) in [5.74, 6) is 0.0535. The van der Waals surface area contributed by atoms with Crippen molar-refractivity contribution in [2.45, 2.75) is 138 Å². The van der Waals surface area contributed by atoms with Crippen molar-refractivity contribution in [2.24, 2.45) is 44.8 Å². The van der Waals surface area contributed by atoms with E-state index in [0.717, 1.165) is 51.4 Å². The normalized spacial score (nSPS) is 39.7. The van der Waals surface area contributed by atoms with Crippen LogP contribution in [0.3, 0.4) is 0 Å². The van der Waals surface area contributed by atoms with Crippen LogP contribution in [0.2, 0.25) is 5.02 Å². The van der Waals surface area contributed by atoms with Gasteiger partial charge in [0.2, 0.25) is 0 Å². The number of hydrogen-bond donors (Lipinski definition) is 0. The van der Waals surface area contributed by atoms with Gasteiger partial charge in [0.25, 0.3) is 0 Å². The number of hydrogen-bond acceptors (Lipinski definition) is 6. The first-order valence-electron chi connectivity index (χ1n) is 19.6. The van der Waals surface area contributed by atoms with E-state index in [1.54, 1.807) is 24.3 Å². The Morgan fingerprint density at radius 2 is 1.54 bits per heavy atom. The van der Waals surface area contributed by atoms with Crippen molar-refractivity contribution >= 4 is 23.5 Å². The zero-order chi connectivity index (χ0) is 37.6. The molecule has 52 heavy (non-hydrogen) atoms. The quantitative estimate of drug-likeness (QED) is 0.228. The summed E-state index contributed by atoms with van der Waals surface area (Å²) >= 11 is 6.29. The molecule has 0 spiro atoms. The second-order valence-corrected chi connectivity index (χ2v) is 19.5. The average Bonchev–Trinajstić information content (AvgIpc) is 3.55. The number of allylic oxidation sites excluding steroid dienone is 1. The molecule has 0 saturated heterocycles. The summed E-state index contributed by atoms with van der Waals surface area (Å²) in [4.78, 5) is 54.9. The van der Waals surface area contributed by atoms with Crippen LogP contribution in [0.25, 0.3) is 5.69 Å². The van der Waals surface area contributed by atoms with Gasteiger partial charge in [-0.25, -0.2) is 23.5 Å². The summed E-state index contributed by atoms with van der Waals surface area (Å²) in [6.07, 6.45) is 7.72. The predicted octanol–water partition coefficient (Wildman–Crippen LogP) is 7.99. The molecular formula is C42H56ClN3O6. The molecule has 0 radical (unpaired) electrons. The van der Waals surface area contributed by atoms with Gasteiger partial charge >= 0.3 is 23.3 Å². The Morgan fingerprint density at radius 3 is 2.17 bits per heavy atom. The van der Waals surface area contributed by atoms with Crippen LogP contribution in [0.5, 0.6) is 0 Å². The second kappa shape index (κ2) is 11.2. The summed E-state index contributed by atoms with van der Waals surface area (Å²) < 4.78 is 17.1. The largest absolute Gasteiger partial charge is 0.465 e. The summed E-state index contributed by atoms with van der Waals surface area (Å²) in [6, 6.07) is 6.64. The van der Waals surface area contributed by atoms with Crippen LogP contribution in [-0.4, -0.2) is 38.6 Å². The van der Waals surface area contributed by atoms with E-state index in [0.29, 0.717) is 29.7 Å². The molecule has 1 aliphatic heterocycles. The first-order chi connectivity index (χ1) is 24.3. The van der Waals surface area contributed by atoms with Crippen LogP contribution < -0.4 is 11.4 Å². The van der Waals surface area contributed by atoms with Gasteiger partial charge in [0.15, 0.2) is 0 Å². The lowest BCUT2D eigenvalue weighted by molar-refractivity contribution is -0.218. The van der Waals surface area contributed by atoms with E-state index in [9.17, 15) is 9.59 Å². The fraction of sp³-hybridized carbons (Fsp3) is 0.714. The molecule has 282 valence electrons. The molecule has 0 bridgehead atoms. The van der Waals surface area contributed by atoms with Gasteiger partial charge in [-0.05, 0) is 127 Å². The third-order valence-electron chi connectivity index (χ3n) is 16.5. The molecule has 9 nitrogen and oxygen atoms in total. The molecule has 2 aromatic rings. The summed E-state index contributed by atoms with van der Waals surface area (Å²) in [5.41, 5.74) is 0.712. The van der Waals surface area contributed by atoms with E-state index >= 15 is 9.59 Å². The minimum absolute atomic E-state index is 0.00180. The highest BCUT2D eigenvalue weighted by atomic mass is 35.5. The van der Waals surface area contributed by atoms with E-state index in [-0.39, 0.29) is 69.0 Å². The molecule has 8 rings (SSSR count). The van der Waals surface area contributed by atoms with Gasteiger partial charge in [-0.1, -0.05) is 60.1 Å². The second-order valence-electron chi connectivity index (χ2n) is 19.1. The Labute approximate surface area is 312 Å². The van der Waals surface area contributed by atoms with E-state index < -0.39 is 11.0 Å². The Morgan fingerprint density at radius 1 is 0.865 bits per heavy atom. The highest BCUT2D eigenvalue weighted by Gasteiger charge is 2.73. The van der Waals surface area contributed by atoms with E-state index in [4.69, 9.17) is 21.1 Å². The van der Waals surface area contributed by atoms with Gasteiger partial charge in [-0.3, -0.25) is 9.59 Å². The number of carbonyl (C=O) groups excluding carboxylic acids is 2. The summed E-state index contributed by atoms with van der Waals surface area (Å²) in [6.45, 7) is 19.7. The number of ether oxygens (including phenoxy) is 2. The number of nitrogens with zero attached hydrogens (tertiary/aromatic N) is 3. The lowest BCUT2D eigenvalue weighted by Gasteiger charge is -2.72. The Hall–Kier alpha value is -3.07. The lowest BCUT2D eigenvalue weighted by atomic mass is 9.33. The molecule has 1 aromatic heterocycles. The zero-order valence-corrected chi connectivity index (χ0v) is 33.2. The SMILES string of the molecule is CC(=O)OC[C@]12CC[C@]3(C(C)C)C1=C1[C@H](C[C@@H]4[C@@]5(C)CC[C@H](OC(C)=O)C(C)(C)[C@@H]5CC[C@@]4(C)[C@]1(C)CC2)n1c(=O)n(-c2ccc(Cl)cc2)c(=O)n13. The van der Waals surface area contributed by atoms with Gasteiger partial charge in [0, 0.05) is 29.7 Å². The molecular weight excluding hydrogens is 678 g/mol. The van der Waals surface area contributed by atoms with Crippen LogP contribution >= 0.6 is 11.6 Å². The Balaban J connectivity index is 1.40. The van der Waals surface area contributed by atoms with E-state index in [1.807, 2.05) is 9.36 Å². The maximum Gasteiger partial charge on any atom is 0.352 e. The summed E-state index contributed by atoms with van der Waals surface area (Å²) in [7, 11) is 0. The number of carbonyl (C=O) groups is 2. The van der Waals surface area contributed by atoms with Gasteiger partial charge < -0.3 is 9.47 Å². The average molecular weight is 734 g/mol. The molecule has 9 atom stereocenters. The third-order valence-corrected chi connectivity index (χ3v) is 16.8. The van der Waals surface area contributed by atoms with Crippen LogP contribution in [0.15, 0.2) is 45.0 Å². The van der Waals surface area contributed by atoms with Crippen LogP contribution in [-0.2, 0) is 24.6 Å². The van der Waals surface area contributed by atoms with Crippen molar-refractivity contribution in [3.63, 3.8) is 0 Å². The fourth-order valence-electron chi connectivity index (χ4n) is 14.0. The van der Waals surface area contributed by atoms with Crippen LogP contribution in [0, 0.1) is 44.8 Å². The first-order valence-corrected chi connectivity index (χ1v) is 20.0. The number of aromatic nitrogens is 3. The molecule has 1 aromatic carbocycles. The number of fused-ring (bicyclic) bond motifs is 7. The highest BCUT2D eigenvalue weighted by molar-refractivity contribution is 6.30. The van der Waals surface area contributed by atoms with Gasteiger partial charge in [-0.15, -0.1) is 0 Å². The number of benzene rings is 1. The fourth-order valence-corrected chi connectivity index (χ4v) is 14.1. The smallest absolute Gasteiger partial charge is 0.352 e. The summed E-state index contributed by atoms with van der Waals surface area (Å²) in [5, 5.41) is 0.538. The highest BCUT2D eigenvalue weighted by Crippen LogP contribution is 2.79. The van der Waals surface area contributed by atoms with Crippen molar-refractivity contribution in [1.29, 1.82) is 0 Å². The monoisotopic (exact) mass is 733 g/mol. The predicted molar refractivity (Wildman–Crippen MR) is 199 cm³/mol. The Bertz CT molecular complexity index is 2020. The molecule has 0 unspecified atom stereocenters. The zero-order valence-electron chi connectivity index (χ0n) is 32.4. The van der Waals surface area contributed by atoms with Gasteiger partial charge in [0.1, 0.15) is 12.7 Å². The molecule has 2 heterocycles. The first kappa shape index (κ1) is 35.9. The Kier molecular flexibility index (Phi) is 7.76. The number of rotatable bonds is 5. The van der Waals surface area contributed by atoms with Gasteiger partial charge in [-0.2, -0.15) is 0 Å². The maximum absolute atomic E-state index is 15.1. The molecule has 0 N–H and O–H groups in total. The van der Waals surface area contributed by atoms with Crippen molar-refractivity contribution in [3.05, 3.63) is 61.4 Å². The van der Waals surface area contributed by atoms with Crippen LogP contribution in [0.1, 0.15) is 126 Å². The standard InChI is InChI=1S/C42H56ClN3O6/c1-24(2)42-21-20-41(23-51-25(3)47)19-18-40(9)33(34(41)42)29(45-35(49)44(36(50)46(42)45)28-12-10-27(43)11-13-28)22-31-38(7)16-15-32(52-26(4)48)37(5,6)30(38)14-17-39(31,40)8/h10-13,24,29-32H,14-23H2,1-9H3/t29-,30-,31+,32-,38-,39+,40+,41-,42-/m0/s1. The minimum Gasteiger partial charge on any atom is -0.465 e. The van der Waals surface area contributed by atoms with Crippen molar-refractivity contribution in [3.8, 4) is 5.69 Å². The van der Waals surface area contributed by atoms with Crippen molar-refractivity contribution in [1.82, 2.24) is 13.9 Å². The molecule has 10 heteroatoms. The number of esters is 2. The number of halogens is 1. The molecule has 4 saturated carbocycles. The van der Waals surface area contributed by atoms with E-state index in [1.165, 1.54) is 29.6 Å². The van der Waals surface area contributed by atoms with E-state index in [2.05, 4.69) is 48.5 Å². The molecule has 6 aliphatic rings. The topological polar surface area (TPSA) is 102 Å². The third kappa shape index (κ3) is 4.29. The molecule has 5 aliphatic carbocycles. The minimum atomic E-state index is -0.740. The maximum atomic E-state index is 15.1. The lowest BCUT2D eigenvalue weighted by Crippen LogP contribution is -2.67.